The molecule has 0 N–H and O–H groups in total. The van der Waals surface area contributed by atoms with Gasteiger partial charge in [0.2, 0.25) is 0 Å². The minimum atomic E-state index is 0.868. The van der Waals surface area contributed by atoms with E-state index in [-0.39, 0.29) is 0 Å². The molecule has 0 aliphatic carbocycles. The Morgan fingerprint density at radius 1 is 0.583 bits per heavy atom. The van der Waals surface area contributed by atoms with Gasteiger partial charge >= 0.3 is 0 Å². The molecule has 0 fully saturated rings. The Morgan fingerprint density at radius 3 is 1.08 bits per heavy atom. The standard InChI is InChI=1S/C18H24N6/c1-22-7-4-19-16(22)13-10-14(17-20-5-8-23(17)2)12-15(11-13)18-21-6-9-24(18)3/h10-12H,4-9H2,1-3H3. The number of hydrogen-bond acceptors (Lipinski definition) is 6. The highest BCUT2D eigenvalue weighted by Gasteiger charge is 2.23. The van der Waals surface area contributed by atoms with Gasteiger partial charge in [0.15, 0.2) is 0 Å². The summed E-state index contributed by atoms with van der Waals surface area (Å²) in [5.41, 5.74) is 3.48. The summed E-state index contributed by atoms with van der Waals surface area (Å²) in [5.74, 6) is 3.21. The summed E-state index contributed by atoms with van der Waals surface area (Å²) in [6.07, 6.45) is 0. The zero-order valence-corrected chi connectivity index (χ0v) is 14.7. The maximum absolute atomic E-state index is 4.70. The van der Waals surface area contributed by atoms with E-state index in [0.717, 1.165) is 73.5 Å². The lowest BCUT2D eigenvalue weighted by Gasteiger charge is -2.20. The van der Waals surface area contributed by atoms with Crippen molar-refractivity contribution in [2.45, 2.75) is 0 Å². The molecule has 126 valence electrons. The molecule has 1 aromatic carbocycles. The molecule has 4 rings (SSSR count). The average Bonchev–Trinajstić information content (AvgIpc) is 3.28. The van der Waals surface area contributed by atoms with E-state index in [2.05, 4.69) is 54.0 Å². The van der Waals surface area contributed by atoms with E-state index in [1.54, 1.807) is 0 Å². The van der Waals surface area contributed by atoms with Crippen molar-refractivity contribution in [3.8, 4) is 0 Å². The molecular formula is C18H24N6. The first-order chi connectivity index (χ1) is 11.6. The van der Waals surface area contributed by atoms with Gasteiger partial charge in [0.05, 0.1) is 19.6 Å². The molecular weight excluding hydrogens is 300 g/mol. The molecule has 6 heteroatoms. The van der Waals surface area contributed by atoms with E-state index >= 15 is 0 Å². The zero-order valence-electron chi connectivity index (χ0n) is 14.7. The van der Waals surface area contributed by atoms with Crippen molar-refractivity contribution >= 4 is 17.5 Å². The van der Waals surface area contributed by atoms with Crippen LogP contribution in [0.5, 0.6) is 0 Å². The predicted octanol–water partition coefficient (Wildman–Crippen LogP) is 0.763. The number of hydrogen-bond donors (Lipinski definition) is 0. The molecule has 0 saturated carbocycles. The van der Waals surface area contributed by atoms with Crippen LogP contribution in [0.4, 0.5) is 0 Å². The van der Waals surface area contributed by atoms with Crippen molar-refractivity contribution in [2.24, 2.45) is 15.0 Å². The lowest BCUT2D eigenvalue weighted by Crippen LogP contribution is -2.28. The van der Waals surface area contributed by atoms with Gasteiger partial charge in [-0.25, -0.2) is 0 Å². The minimum Gasteiger partial charge on any atom is -0.358 e. The lowest BCUT2D eigenvalue weighted by atomic mass is 10.0. The van der Waals surface area contributed by atoms with Gasteiger partial charge < -0.3 is 14.7 Å². The van der Waals surface area contributed by atoms with Gasteiger partial charge in [0.1, 0.15) is 17.5 Å². The molecule has 0 amide bonds. The molecule has 6 nitrogen and oxygen atoms in total. The summed E-state index contributed by atoms with van der Waals surface area (Å²) >= 11 is 0. The van der Waals surface area contributed by atoms with Gasteiger partial charge in [0, 0.05) is 57.5 Å². The van der Waals surface area contributed by atoms with E-state index < -0.39 is 0 Å². The van der Waals surface area contributed by atoms with Crippen LogP contribution in [0.2, 0.25) is 0 Å². The van der Waals surface area contributed by atoms with Crippen molar-refractivity contribution in [1.82, 2.24) is 14.7 Å². The third-order valence-corrected chi connectivity index (χ3v) is 4.88. The first-order valence-corrected chi connectivity index (χ1v) is 8.56. The van der Waals surface area contributed by atoms with Crippen molar-refractivity contribution in [3.63, 3.8) is 0 Å². The smallest absolute Gasteiger partial charge is 0.130 e. The summed E-state index contributed by atoms with van der Waals surface area (Å²) < 4.78 is 0. The first kappa shape index (κ1) is 15.2. The van der Waals surface area contributed by atoms with Crippen LogP contribution in [0.3, 0.4) is 0 Å². The Hall–Kier alpha value is -2.37. The highest BCUT2D eigenvalue weighted by Crippen LogP contribution is 2.20. The molecule has 0 atom stereocenters. The third kappa shape index (κ3) is 2.56. The van der Waals surface area contributed by atoms with Gasteiger partial charge in [-0.3, -0.25) is 15.0 Å². The van der Waals surface area contributed by atoms with Crippen LogP contribution in [0.1, 0.15) is 16.7 Å². The summed E-state index contributed by atoms with van der Waals surface area (Å²) in [7, 11) is 6.32. The van der Waals surface area contributed by atoms with Gasteiger partial charge in [0.25, 0.3) is 0 Å². The Labute approximate surface area is 143 Å². The fourth-order valence-electron chi connectivity index (χ4n) is 3.55. The molecule has 3 heterocycles. The highest BCUT2D eigenvalue weighted by molar-refractivity contribution is 6.09. The summed E-state index contributed by atoms with van der Waals surface area (Å²) in [6.45, 7) is 5.55. The fraction of sp³-hybridized carbons (Fsp3) is 0.500. The molecule has 0 spiro atoms. The number of amidine groups is 3. The van der Waals surface area contributed by atoms with Crippen LogP contribution < -0.4 is 0 Å². The normalized spacial score (nSPS) is 20.6. The van der Waals surface area contributed by atoms with Gasteiger partial charge in [-0.05, 0) is 18.2 Å². The summed E-state index contributed by atoms with van der Waals surface area (Å²) in [5, 5.41) is 0. The first-order valence-electron chi connectivity index (χ1n) is 8.56. The molecule has 1 aromatic rings. The van der Waals surface area contributed by atoms with E-state index in [0.29, 0.717) is 0 Å². The minimum absolute atomic E-state index is 0.868. The van der Waals surface area contributed by atoms with E-state index in [1.807, 2.05) is 0 Å². The second-order valence-corrected chi connectivity index (χ2v) is 6.68. The fourth-order valence-corrected chi connectivity index (χ4v) is 3.55. The monoisotopic (exact) mass is 324 g/mol. The SMILES string of the molecule is CN1CCN=C1c1cc(C2=NCCN2C)cc(C2=NCCN2C)c1. The lowest BCUT2D eigenvalue weighted by molar-refractivity contribution is 0.554. The molecule has 0 saturated heterocycles. The van der Waals surface area contributed by atoms with Gasteiger partial charge in [-0.15, -0.1) is 0 Å². The molecule has 3 aliphatic rings. The highest BCUT2D eigenvalue weighted by atomic mass is 15.2. The van der Waals surface area contributed by atoms with Crippen LogP contribution in [-0.2, 0) is 0 Å². The summed E-state index contributed by atoms with van der Waals surface area (Å²) in [6, 6.07) is 6.67. The van der Waals surface area contributed by atoms with Crippen LogP contribution >= 0.6 is 0 Å². The summed E-state index contributed by atoms with van der Waals surface area (Å²) in [4.78, 5) is 20.8. The second kappa shape index (κ2) is 5.92. The largest absolute Gasteiger partial charge is 0.358 e. The predicted molar refractivity (Wildman–Crippen MR) is 98.5 cm³/mol. The topological polar surface area (TPSA) is 46.8 Å². The Morgan fingerprint density at radius 2 is 0.875 bits per heavy atom. The molecule has 0 radical (unpaired) electrons. The molecule has 3 aliphatic heterocycles. The van der Waals surface area contributed by atoms with Gasteiger partial charge in [-0.1, -0.05) is 0 Å². The quantitative estimate of drug-likeness (QED) is 0.825. The van der Waals surface area contributed by atoms with Gasteiger partial charge in [-0.2, -0.15) is 0 Å². The number of rotatable bonds is 3. The Kier molecular flexibility index (Phi) is 3.75. The number of nitrogens with zero attached hydrogens (tertiary/aromatic N) is 6. The molecule has 0 unspecified atom stereocenters. The van der Waals surface area contributed by atoms with Crippen molar-refractivity contribution in [3.05, 3.63) is 34.9 Å². The number of likely N-dealkylation sites (N-methyl/N-ethyl adjacent to an activating group) is 3. The zero-order chi connectivity index (χ0) is 16.7. The van der Waals surface area contributed by atoms with E-state index in [4.69, 9.17) is 15.0 Å². The van der Waals surface area contributed by atoms with Crippen LogP contribution in [0, 0.1) is 0 Å². The third-order valence-electron chi connectivity index (χ3n) is 4.88. The average molecular weight is 324 g/mol. The van der Waals surface area contributed by atoms with Crippen molar-refractivity contribution < 1.29 is 0 Å². The molecule has 0 aromatic heterocycles. The molecule has 0 bridgehead atoms. The second-order valence-electron chi connectivity index (χ2n) is 6.68. The number of aliphatic imine (C=N–C) groups is 3. The van der Waals surface area contributed by atoms with Crippen LogP contribution in [-0.4, -0.2) is 92.6 Å². The van der Waals surface area contributed by atoms with Crippen molar-refractivity contribution in [2.75, 3.05) is 60.4 Å². The Balaban J connectivity index is 1.82. The van der Waals surface area contributed by atoms with Crippen LogP contribution in [0.25, 0.3) is 0 Å². The maximum atomic E-state index is 4.70. The van der Waals surface area contributed by atoms with Crippen molar-refractivity contribution in [1.29, 1.82) is 0 Å². The Bertz CT molecular complexity index is 636. The maximum Gasteiger partial charge on any atom is 0.130 e. The van der Waals surface area contributed by atoms with Crippen LogP contribution in [0.15, 0.2) is 33.2 Å². The van der Waals surface area contributed by atoms with E-state index in [1.165, 1.54) is 0 Å². The van der Waals surface area contributed by atoms with E-state index in [9.17, 15) is 0 Å². The number of benzene rings is 1. The molecule has 24 heavy (non-hydrogen) atoms.